The highest BCUT2D eigenvalue weighted by atomic mass is 16.6. The highest BCUT2D eigenvalue weighted by Gasteiger charge is 2.17. The summed E-state index contributed by atoms with van der Waals surface area (Å²) in [6, 6.07) is 3.01. The molecule has 0 aromatic carbocycles. The Morgan fingerprint density at radius 1 is 1.47 bits per heavy atom. The van der Waals surface area contributed by atoms with E-state index in [1.165, 1.54) is 6.07 Å². The summed E-state index contributed by atoms with van der Waals surface area (Å²) < 4.78 is 5.44. The van der Waals surface area contributed by atoms with Crippen LogP contribution in [-0.2, 0) is 0 Å². The van der Waals surface area contributed by atoms with Crippen LogP contribution >= 0.6 is 0 Å². The zero-order valence-corrected chi connectivity index (χ0v) is 11.7. The monoisotopic (exact) mass is 267 g/mol. The van der Waals surface area contributed by atoms with Gasteiger partial charge in [0.15, 0.2) is 0 Å². The lowest BCUT2D eigenvalue weighted by Crippen LogP contribution is -2.06. The van der Waals surface area contributed by atoms with Crippen molar-refractivity contribution in [3.05, 3.63) is 22.2 Å². The molecule has 0 fully saturated rings. The van der Waals surface area contributed by atoms with E-state index in [4.69, 9.17) is 4.74 Å². The first kappa shape index (κ1) is 15.2. The molecule has 0 amide bonds. The van der Waals surface area contributed by atoms with Crippen molar-refractivity contribution in [1.29, 1.82) is 0 Å². The first-order chi connectivity index (χ1) is 9.04. The Bertz CT molecular complexity index is 422. The van der Waals surface area contributed by atoms with Gasteiger partial charge in [0.1, 0.15) is 5.82 Å². The molecule has 0 radical (unpaired) electrons. The normalized spacial score (nSPS) is 10.5. The lowest BCUT2D eigenvalue weighted by atomic mass is 10.1. The third-order valence-electron chi connectivity index (χ3n) is 2.56. The number of anilines is 1. The van der Waals surface area contributed by atoms with Gasteiger partial charge < -0.3 is 10.1 Å². The van der Waals surface area contributed by atoms with Crippen LogP contribution in [0.5, 0.6) is 5.88 Å². The molecule has 0 aliphatic rings. The van der Waals surface area contributed by atoms with Gasteiger partial charge >= 0.3 is 5.69 Å². The van der Waals surface area contributed by atoms with Gasteiger partial charge in [0.05, 0.1) is 11.5 Å². The van der Waals surface area contributed by atoms with E-state index in [-0.39, 0.29) is 11.6 Å². The number of nitrogens with zero attached hydrogens (tertiary/aromatic N) is 2. The second kappa shape index (κ2) is 7.56. The average molecular weight is 267 g/mol. The van der Waals surface area contributed by atoms with Gasteiger partial charge in [-0.1, -0.05) is 13.8 Å². The Morgan fingerprint density at radius 2 is 2.21 bits per heavy atom. The summed E-state index contributed by atoms with van der Waals surface area (Å²) in [5.74, 6) is 1.28. The van der Waals surface area contributed by atoms with Crippen LogP contribution in [0.1, 0.15) is 33.6 Å². The molecular weight excluding hydrogens is 246 g/mol. The summed E-state index contributed by atoms with van der Waals surface area (Å²) in [6.07, 6.45) is 1.89. The second-order valence-corrected chi connectivity index (χ2v) is 4.69. The van der Waals surface area contributed by atoms with Crippen LogP contribution in [0.4, 0.5) is 11.5 Å². The van der Waals surface area contributed by atoms with E-state index in [0.717, 1.165) is 12.8 Å². The molecule has 0 saturated heterocycles. The zero-order chi connectivity index (χ0) is 14.3. The number of nitro groups is 1. The number of hydrogen-bond donors (Lipinski definition) is 1. The fourth-order valence-corrected chi connectivity index (χ4v) is 1.62. The number of nitrogens with one attached hydrogen (secondary N) is 1. The van der Waals surface area contributed by atoms with Crippen molar-refractivity contribution < 1.29 is 9.66 Å². The van der Waals surface area contributed by atoms with E-state index < -0.39 is 4.92 Å². The van der Waals surface area contributed by atoms with Crippen LogP contribution < -0.4 is 10.1 Å². The van der Waals surface area contributed by atoms with Gasteiger partial charge in [-0.05, 0) is 31.7 Å². The van der Waals surface area contributed by atoms with Crippen LogP contribution in [0.15, 0.2) is 12.1 Å². The van der Waals surface area contributed by atoms with E-state index in [2.05, 4.69) is 24.1 Å². The Balaban J connectivity index is 2.71. The summed E-state index contributed by atoms with van der Waals surface area (Å²) in [4.78, 5) is 14.6. The number of ether oxygens (including phenoxy) is 1. The van der Waals surface area contributed by atoms with E-state index in [1.54, 1.807) is 6.07 Å². The van der Waals surface area contributed by atoms with E-state index in [0.29, 0.717) is 24.9 Å². The molecule has 0 saturated carbocycles. The molecule has 1 N–H and O–H groups in total. The lowest BCUT2D eigenvalue weighted by molar-refractivity contribution is -0.386. The minimum atomic E-state index is -0.472. The quantitative estimate of drug-likeness (QED) is 0.444. The average Bonchev–Trinajstić information content (AvgIpc) is 2.34. The molecule has 0 bridgehead atoms. The number of hydrogen-bond acceptors (Lipinski definition) is 5. The van der Waals surface area contributed by atoms with Gasteiger partial charge in [0.2, 0.25) is 0 Å². The second-order valence-electron chi connectivity index (χ2n) is 4.69. The summed E-state index contributed by atoms with van der Waals surface area (Å²) in [5, 5.41) is 13.9. The van der Waals surface area contributed by atoms with Gasteiger partial charge in [0, 0.05) is 12.6 Å². The maximum absolute atomic E-state index is 10.9. The minimum absolute atomic E-state index is 0.0900. The van der Waals surface area contributed by atoms with Crippen molar-refractivity contribution in [3.8, 4) is 5.88 Å². The van der Waals surface area contributed by atoms with Gasteiger partial charge in [-0.15, -0.1) is 0 Å². The lowest BCUT2D eigenvalue weighted by Gasteiger charge is -2.09. The van der Waals surface area contributed by atoms with Crippen molar-refractivity contribution in [2.45, 2.75) is 33.6 Å². The van der Waals surface area contributed by atoms with E-state index in [9.17, 15) is 10.1 Å². The smallest absolute Gasteiger partial charge is 0.331 e. The summed E-state index contributed by atoms with van der Waals surface area (Å²) in [7, 11) is 0. The number of aromatic nitrogens is 1. The van der Waals surface area contributed by atoms with Crippen LogP contribution in [0.25, 0.3) is 0 Å². The van der Waals surface area contributed by atoms with Gasteiger partial charge in [-0.3, -0.25) is 10.1 Å². The van der Waals surface area contributed by atoms with Gasteiger partial charge in [0.25, 0.3) is 5.88 Å². The molecule has 6 heteroatoms. The molecule has 1 rings (SSSR count). The van der Waals surface area contributed by atoms with Crippen LogP contribution in [0.3, 0.4) is 0 Å². The van der Waals surface area contributed by atoms with Gasteiger partial charge in [-0.25, -0.2) is 0 Å². The Labute approximate surface area is 113 Å². The fraction of sp³-hybridized carbons (Fsp3) is 0.615. The summed E-state index contributed by atoms with van der Waals surface area (Å²) >= 11 is 0. The maximum Gasteiger partial charge on any atom is 0.331 e. The molecule has 19 heavy (non-hydrogen) atoms. The molecule has 1 aromatic heterocycles. The molecule has 0 aliphatic heterocycles. The topological polar surface area (TPSA) is 77.3 Å². The molecule has 1 heterocycles. The van der Waals surface area contributed by atoms with Crippen LogP contribution in [0.2, 0.25) is 0 Å². The first-order valence-corrected chi connectivity index (χ1v) is 6.56. The molecular formula is C13H21N3O3. The van der Waals surface area contributed by atoms with Crippen molar-refractivity contribution in [1.82, 2.24) is 4.98 Å². The third-order valence-corrected chi connectivity index (χ3v) is 2.56. The zero-order valence-electron chi connectivity index (χ0n) is 11.7. The highest BCUT2D eigenvalue weighted by Crippen LogP contribution is 2.26. The van der Waals surface area contributed by atoms with Crippen LogP contribution in [-0.4, -0.2) is 23.1 Å². The molecule has 6 nitrogen and oxygen atoms in total. The molecule has 0 spiro atoms. The Hall–Kier alpha value is -1.85. The predicted molar refractivity (Wildman–Crippen MR) is 74.6 cm³/mol. The largest absolute Gasteiger partial charge is 0.473 e. The Kier molecular flexibility index (Phi) is 6.05. The fourth-order valence-electron chi connectivity index (χ4n) is 1.62. The minimum Gasteiger partial charge on any atom is -0.473 e. The molecule has 0 atom stereocenters. The maximum atomic E-state index is 10.9. The third kappa shape index (κ3) is 5.11. The summed E-state index contributed by atoms with van der Waals surface area (Å²) in [6.45, 7) is 7.35. The Morgan fingerprint density at radius 3 is 2.79 bits per heavy atom. The number of rotatable bonds is 8. The molecule has 1 aromatic rings. The van der Waals surface area contributed by atoms with E-state index >= 15 is 0 Å². The standard InChI is InChI=1S/C13H21N3O3/c1-4-14-12-8-7-11(16(17)18)13(15-12)19-9-5-6-10(2)3/h7-8,10H,4-6,9H2,1-3H3,(H,14,15). The van der Waals surface area contributed by atoms with Crippen molar-refractivity contribution in [2.75, 3.05) is 18.5 Å². The summed E-state index contributed by atoms with van der Waals surface area (Å²) in [5.41, 5.74) is -0.0915. The highest BCUT2D eigenvalue weighted by molar-refractivity contribution is 5.48. The SMILES string of the molecule is CCNc1ccc([N+](=O)[O-])c(OCCCC(C)C)n1. The van der Waals surface area contributed by atoms with Crippen molar-refractivity contribution in [3.63, 3.8) is 0 Å². The predicted octanol–water partition coefficient (Wildman–Crippen LogP) is 3.24. The number of pyridine rings is 1. The molecule has 106 valence electrons. The van der Waals surface area contributed by atoms with Crippen molar-refractivity contribution in [2.24, 2.45) is 5.92 Å². The first-order valence-electron chi connectivity index (χ1n) is 6.56. The van der Waals surface area contributed by atoms with E-state index in [1.807, 2.05) is 6.92 Å². The van der Waals surface area contributed by atoms with Crippen LogP contribution in [0, 0.1) is 16.0 Å². The molecule has 0 unspecified atom stereocenters. The molecule has 0 aliphatic carbocycles. The van der Waals surface area contributed by atoms with Crippen molar-refractivity contribution >= 4 is 11.5 Å². The van der Waals surface area contributed by atoms with Gasteiger partial charge in [-0.2, -0.15) is 4.98 Å².